The molecule has 1 heterocycles. The van der Waals surface area contributed by atoms with Gasteiger partial charge in [-0.1, -0.05) is 0 Å². The van der Waals surface area contributed by atoms with Crippen LogP contribution in [0.3, 0.4) is 0 Å². The van der Waals surface area contributed by atoms with Crippen LogP contribution in [-0.2, 0) is 7.05 Å². The van der Waals surface area contributed by atoms with Crippen LogP contribution in [0.15, 0.2) is 12.5 Å². The van der Waals surface area contributed by atoms with E-state index in [4.69, 9.17) is 5.11 Å². The second-order valence-electron chi connectivity index (χ2n) is 2.98. The molecule has 0 aromatic carbocycles. The van der Waals surface area contributed by atoms with Gasteiger partial charge in [-0.25, -0.2) is 4.98 Å². The molecular weight excluding hydrogens is 170 g/mol. The molecule has 0 saturated heterocycles. The first-order chi connectivity index (χ1) is 6.09. The number of rotatable bonds is 3. The van der Waals surface area contributed by atoms with E-state index in [1.165, 1.54) is 0 Å². The lowest BCUT2D eigenvalue weighted by Crippen LogP contribution is -2.30. The Morgan fingerprint density at radius 1 is 1.85 bits per heavy atom. The zero-order valence-electron chi connectivity index (χ0n) is 7.69. The molecule has 0 aliphatic carbocycles. The smallest absolute Gasteiger partial charge is 0.271 e. The van der Waals surface area contributed by atoms with Crippen molar-refractivity contribution in [1.82, 2.24) is 14.9 Å². The van der Waals surface area contributed by atoms with E-state index in [1.807, 2.05) is 0 Å². The molecule has 1 atom stereocenters. The maximum Gasteiger partial charge on any atom is 0.271 e. The highest BCUT2D eigenvalue weighted by atomic mass is 16.3. The highest BCUT2D eigenvalue weighted by molar-refractivity contribution is 5.91. The predicted octanol–water partition coefficient (Wildman–Crippen LogP) is -0.469. The quantitative estimate of drug-likeness (QED) is 0.665. The monoisotopic (exact) mass is 183 g/mol. The lowest BCUT2D eigenvalue weighted by atomic mass is 10.4. The number of hydrogen-bond acceptors (Lipinski definition) is 3. The van der Waals surface area contributed by atoms with Crippen molar-refractivity contribution in [2.24, 2.45) is 7.05 Å². The van der Waals surface area contributed by atoms with E-state index in [2.05, 4.69) is 10.3 Å². The van der Waals surface area contributed by atoms with E-state index in [0.717, 1.165) is 0 Å². The Labute approximate surface area is 76.4 Å². The van der Waals surface area contributed by atoms with Gasteiger partial charge in [0.15, 0.2) is 0 Å². The van der Waals surface area contributed by atoms with Gasteiger partial charge in [0.2, 0.25) is 0 Å². The molecule has 0 aliphatic rings. The van der Waals surface area contributed by atoms with E-state index in [1.54, 1.807) is 31.1 Å². The first-order valence-electron chi connectivity index (χ1n) is 4.04. The first kappa shape index (κ1) is 9.73. The summed E-state index contributed by atoms with van der Waals surface area (Å²) in [5.74, 6) is -0.262. The number of hydrogen-bond donors (Lipinski definition) is 2. The van der Waals surface area contributed by atoms with Crippen molar-refractivity contribution in [2.45, 2.75) is 13.0 Å². The van der Waals surface area contributed by atoms with Crippen LogP contribution in [0.2, 0.25) is 0 Å². The lowest BCUT2D eigenvalue weighted by molar-refractivity contribution is 0.0919. The van der Waals surface area contributed by atoms with Crippen molar-refractivity contribution in [3.63, 3.8) is 0 Å². The predicted molar refractivity (Wildman–Crippen MR) is 47.2 cm³/mol. The molecule has 1 aromatic heterocycles. The second-order valence-corrected chi connectivity index (χ2v) is 2.98. The summed E-state index contributed by atoms with van der Waals surface area (Å²) in [4.78, 5) is 15.1. The van der Waals surface area contributed by atoms with Crippen molar-refractivity contribution < 1.29 is 9.90 Å². The third kappa shape index (κ3) is 2.87. The first-order valence-corrected chi connectivity index (χ1v) is 4.04. The van der Waals surface area contributed by atoms with Crippen LogP contribution in [0.5, 0.6) is 0 Å². The summed E-state index contributed by atoms with van der Waals surface area (Å²) in [6, 6.07) is 0. The highest BCUT2D eigenvalue weighted by Gasteiger charge is 2.08. The number of amides is 1. The second kappa shape index (κ2) is 4.04. The van der Waals surface area contributed by atoms with E-state index >= 15 is 0 Å². The van der Waals surface area contributed by atoms with Crippen LogP contribution >= 0.6 is 0 Å². The molecule has 13 heavy (non-hydrogen) atoms. The van der Waals surface area contributed by atoms with Crippen molar-refractivity contribution in [3.05, 3.63) is 18.2 Å². The average molecular weight is 183 g/mol. The van der Waals surface area contributed by atoms with Gasteiger partial charge in [0.25, 0.3) is 5.91 Å². The number of aliphatic hydroxyl groups is 1. The molecule has 0 aliphatic heterocycles. The Hall–Kier alpha value is -1.36. The summed E-state index contributed by atoms with van der Waals surface area (Å²) in [7, 11) is 1.79. The Kier molecular flexibility index (Phi) is 3.02. The van der Waals surface area contributed by atoms with Gasteiger partial charge in [0.05, 0.1) is 12.4 Å². The zero-order valence-corrected chi connectivity index (χ0v) is 7.69. The number of nitrogens with zero attached hydrogens (tertiary/aromatic N) is 2. The molecule has 5 heteroatoms. The van der Waals surface area contributed by atoms with Crippen LogP contribution < -0.4 is 5.32 Å². The minimum absolute atomic E-state index is 0.245. The molecule has 0 bridgehead atoms. The standard InChI is InChI=1S/C8H13N3O2/c1-6(12)3-9-8(13)7-4-11(2)5-10-7/h4-6,12H,3H2,1-2H3,(H,9,13)/t6-/m0/s1. The van der Waals surface area contributed by atoms with E-state index < -0.39 is 6.10 Å². The van der Waals surface area contributed by atoms with Gasteiger partial charge in [-0.15, -0.1) is 0 Å². The van der Waals surface area contributed by atoms with Crippen LogP contribution in [0.1, 0.15) is 17.4 Å². The Bertz CT molecular complexity index is 293. The average Bonchev–Trinajstić information content (AvgIpc) is 2.47. The SMILES string of the molecule is C[C@H](O)CNC(=O)c1cn(C)cn1. The summed E-state index contributed by atoms with van der Waals surface area (Å²) in [5.41, 5.74) is 0.364. The Morgan fingerprint density at radius 3 is 3.00 bits per heavy atom. The van der Waals surface area contributed by atoms with Crippen LogP contribution in [0, 0.1) is 0 Å². The molecule has 0 unspecified atom stereocenters. The number of nitrogens with one attached hydrogen (secondary N) is 1. The third-order valence-electron chi connectivity index (χ3n) is 1.50. The van der Waals surface area contributed by atoms with E-state index in [9.17, 15) is 4.79 Å². The molecular formula is C8H13N3O2. The summed E-state index contributed by atoms with van der Waals surface area (Å²) in [5, 5.41) is 11.5. The summed E-state index contributed by atoms with van der Waals surface area (Å²) in [6.07, 6.45) is 2.64. The van der Waals surface area contributed by atoms with Crippen molar-refractivity contribution in [3.8, 4) is 0 Å². The van der Waals surface area contributed by atoms with Crippen molar-refractivity contribution in [1.29, 1.82) is 0 Å². The molecule has 5 nitrogen and oxygen atoms in total. The van der Waals surface area contributed by atoms with Crippen LogP contribution in [0.4, 0.5) is 0 Å². The minimum Gasteiger partial charge on any atom is -0.392 e. The molecule has 0 spiro atoms. The molecule has 72 valence electrons. The molecule has 2 N–H and O–H groups in total. The third-order valence-corrected chi connectivity index (χ3v) is 1.50. The van der Waals surface area contributed by atoms with E-state index in [0.29, 0.717) is 5.69 Å². The maximum absolute atomic E-state index is 11.3. The Morgan fingerprint density at radius 2 is 2.54 bits per heavy atom. The van der Waals surface area contributed by atoms with Crippen LogP contribution in [0.25, 0.3) is 0 Å². The molecule has 0 saturated carbocycles. The number of aryl methyl sites for hydroxylation is 1. The minimum atomic E-state index is -0.535. The van der Waals surface area contributed by atoms with Gasteiger partial charge in [-0.2, -0.15) is 0 Å². The topological polar surface area (TPSA) is 67.2 Å². The van der Waals surface area contributed by atoms with Gasteiger partial charge in [-0.05, 0) is 6.92 Å². The molecule has 1 aromatic rings. The largest absolute Gasteiger partial charge is 0.392 e. The number of aromatic nitrogens is 2. The fourth-order valence-electron chi connectivity index (χ4n) is 0.861. The maximum atomic E-state index is 11.3. The van der Waals surface area contributed by atoms with Gasteiger partial charge >= 0.3 is 0 Å². The fourth-order valence-corrected chi connectivity index (χ4v) is 0.861. The van der Waals surface area contributed by atoms with Gasteiger partial charge in [-0.3, -0.25) is 4.79 Å². The number of carbonyl (C=O) groups excluding carboxylic acids is 1. The highest BCUT2D eigenvalue weighted by Crippen LogP contribution is 1.93. The number of carbonyl (C=O) groups is 1. The van der Waals surface area contributed by atoms with E-state index in [-0.39, 0.29) is 12.5 Å². The lowest BCUT2D eigenvalue weighted by Gasteiger charge is -2.04. The summed E-state index contributed by atoms with van der Waals surface area (Å²) >= 11 is 0. The zero-order chi connectivity index (χ0) is 9.84. The molecule has 0 fully saturated rings. The fraction of sp³-hybridized carbons (Fsp3) is 0.500. The van der Waals surface area contributed by atoms with Gasteiger partial charge in [0, 0.05) is 19.8 Å². The number of imidazole rings is 1. The molecule has 1 rings (SSSR count). The molecule has 0 radical (unpaired) electrons. The van der Waals surface area contributed by atoms with Gasteiger partial charge in [0.1, 0.15) is 5.69 Å². The normalized spacial score (nSPS) is 12.5. The Balaban J connectivity index is 2.49. The van der Waals surface area contributed by atoms with Gasteiger partial charge < -0.3 is 15.0 Å². The number of aliphatic hydroxyl groups excluding tert-OH is 1. The van der Waals surface area contributed by atoms with Crippen LogP contribution in [-0.4, -0.2) is 33.2 Å². The summed E-state index contributed by atoms with van der Waals surface area (Å²) in [6.45, 7) is 1.86. The molecule has 1 amide bonds. The van der Waals surface area contributed by atoms with Crippen molar-refractivity contribution in [2.75, 3.05) is 6.54 Å². The summed E-state index contributed by atoms with van der Waals surface area (Å²) < 4.78 is 1.69. The van der Waals surface area contributed by atoms with Crippen molar-refractivity contribution >= 4 is 5.91 Å².